The molecule has 106 valence electrons. The van der Waals surface area contributed by atoms with Gasteiger partial charge in [0.2, 0.25) is 0 Å². The fourth-order valence-corrected chi connectivity index (χ4v) is 2.66. The van der Waals surface area contributed by atoms with Gasteiger partial charge in [0.25, 0.3) is 0 Å². The van der Waals surface area contributed by atoms with Crippen molar-refractivity contribution in [1.82, 2.24) is 5.32 Å². The van der Waals surface area contributed by atoms with Gasteiger partial charge in [-0.2, -0.15) is 0 Å². The second-order valence-corrected chi connectivity index (χ2v) is 5.63. The lowest BCUT2D eigenvalue weighted by Crippen LogP contribution is -2.31. The number of hydrogen-bond acceptors (Lipinski definition) is 3. The first-order valence-electron chi connectivity index (χ1n) is 7.18. The molecule has 0 amide bonds. The maximum absolute atomic E-state index is 5.96. The van der Waals surface area contributed by atoms with Crippen molar-refractivity contribution in [2.24, 2.45) is 0 Å². The molecule has 0 fully saturated rings. The highest BCUT2D eigenvalue weighted by atomic mass is 16.5. The molecule has 1 aliphatic rings. The summed E-state index contributed by atoms with van der Waals surface area (Å²) in [4.78, 5) is 0. The van der Waals surface area contributed by atoms with Crippen LogP contribution in [0.4, 0.5) is 0 Å². The van der Waals surface area contributed by atoms with Crippen molar-refractivity contribution in [3.05, 3.63) is 53.0 Å². The van der Waals surface area contributed by atoms with Crippen LogP contribution in [0.25, 0.3) is 0 Å². The SMILES string of the molecule is Cc1ccc2c(c1)CC(CNC(C)c1ccc(C)o1)O2. The van der Waals surface area contributed by atoms with E-state index in [2.05, 4.69) is 37.4 Å². The molecule has 0 radical (unpaired) electrons. The van der Waals surface area contributed by atoms with E-state index in [-0.39, 0.29) is 12.1 Å². The van der Waals surface area contributed by atoms with Gasteiger partial charge in [0.1, 0.15) is 23.4 Å². The molecule has 20 heavy (non-hydrogen) atoms. The summed E-state index contributed by atoms with van der Waals surface area (Å²) in [6.07, 6.45) is 1.19. The zero-order valence-corrected chi connectivity index (χ0v) is 12.3. The monoisotopic (exact) mass is 271 g/mol. The van der Waals surface area contributed by atoms with E-state index < -0.39 is 0 Å². The zero-order valence-electron chi connectivity index (χ0n) is 12.3. The van der Waals surface area contributed by atoms with Crippen LogP contribution in [0.3, 0.4) is 0 Å². The summed E-state index contributed by atoms with van der Waals surface area (Å²) in [5.74, 6) is 2.96. The van der Waals surface area contributed by atoms with Gasteiger partial charge in [-0.3, -0.25) is 0 Å². The average Bonchev–Trinajstić information content (AvgIpc) is 3.01. The molecule has 0 saturated heterocycles. The summed E-state index contributed by atoms with van der Waals surface area (Å²) < 4.78 is 11.6. The Morgan fingerprint density at radius 2 is 2.10 bits per heavy atom. The van der Waals surface area contributed by atoms with Crippen molar-refractivity contribution in [1.29, 1.82) is 0 Å². The second-order valence-electron chi connectivity index (χ2n) is 5.63. The van der Waals surface area contributed by atoms with Crippen LogP contribution in [-0.4, -0.2) is 12.6 Å². The summed E-state index contributed by atoms with van der Waals surface area (Å²) >= 11 is 0. The van der Waals surface area contributed by atoms with Gasteiger partial charge >= 0.3 is 0 Å². The maximum atomic E-state index is 5.96. The van der Waals surface area contributed by atoms with E-state index in [1.54, 1.807) is 0 Å². The quantitative estimate of drug-likeness (QED) is 0.923. The molecule has 1 aromatic heterocycles. The first-order valence-corrected chi connectivity index (χ1v) is 7.18. The Balaban J connectivity index is 1.56. The molecule has 2 atom stereocenters. The minimum absolute atomic E-state index is 0.206. The highest BCUT2D eigenvalue weighted by molar-refractivity contribution is 5.40. The largest absolute Gasteiger partial charge is 0.488 e. The Bertz CT molecular complexity index is 603. The summed E-state index contributed by atoms with van der Waals surface area (Å²) in [6.45, 7) is 7.03. The third-order valence-electron chi connectivity index (χ3n) is 3.80. The Kier molecular flexibility index (Phi) is 3.53. The summed E-state index contributed by atoms with van der Waals surface area (Å²) in [5.41, 5.74) is 2.61. The molecule has 2 aromatic rings. The molecule has 0 spiro atoms. The van der Waals surface area contributed by atoms with Crippen molar-refractivity contribution in [3.63, 3.8) is 0 Å². The predicted octanol–water partition coefficient (Wildman–Crippen LogP) is 3.55. The van der Waals surface area contributed by atoms with E-state index in [1.165, 1.54) is 11.1 Å². The van der Waals surface area contributed by atoms with E-state index in [0.717, 1.165) is 30.2 Å². The third-order valence-corrected chi connectivity index (χ3v) is 3.80. The van der Waals surface area contributed by atoms with Gasteiger partial charge < -0.3 is 14.5 Å². The second kappa shape index (κ2) is 5.33. The first kappa shape index (κ1) is 13.3. The van der Waals surface area contributed by atoms with Crippen LogP contribution in [0, 0.1) is 13.8 Å². The van der Waals surface area contributed by atoms with E-state index >= 15 is 0 Å². The smallest absolute Gasteiger partial charge is 0.123 e. The normalized spacial score (nSPS) is 18.6. The van der Waals surface area contributed by atoms with Crippen LogP contribution in [0.2, 0.25) is 0 Å². The number of hydrogen-bond donors (Lipinski definition) is 1. The Hall–Kier alpha value is -1.74. The lowest BCUT2D eigenvalue weighted by Gasteiger charge is -2.15. The van der Waals surface area contributed by atoms with Crippen molar-refractivity contribution in [2.45, 2.75) is 39.3 Å². The van der Waals surface area contributed by atoms with E-state index in [4.69, 9.17) is 9.15 Å². The van der Waals surface area contributed by atoms with Gasteiger partial charge in [-0.1, -0.05) is 17.7 Å². The zero-order chi connectivity index (χ0) is 14.1. The van der Waals surface area contributed by atoms with Crippen LogP contribution in [0.1, 0.15) is 35.6 Å². The lowest BCUT2D eigenvalue weighted by molar-refractivity contribution is 0.220. The first-order chi connectivity index (χ1) is 9.61. The molecule has 0 aliphatic carbocycles. The standard InChI is InChI=1S/C17H21NO2/c1-11-4-6-17-14(8-11)9-15(20-17)10-18-13(3)16-7-5-12(2)19-16/h4-8,13,15,18H,9-10H2,1-3H3. The minimum atomic E-state index is 0.206. The van der Waals surface area contributed by atoms with Crippen molar-refractivity contribution < 1.29 is 9.15 Å². The van der Waals surface area contributed by atoms with Crippen LogP contribution in [-0.2, 0) is 6.42 Å². The Labute approximate surface area is 119 Å². The van der Waals surface area contributed by atoms with Crippen LogP contribution in [0.5, 0.6) is 5.75 Å². The molecule has 1 aromatic carbocycles. The van der Waals surface area contributed by atoms with Crippen LogP contribution in [0.15, 0.2) is 34.7 Å². The summed E-state index contributed by atoms with van der Waals surface area (Å²) in [7, 11) is 0. The molecule has 3 heteroatoms. The fourth-order valence-electron chi connectivity index (χ4n) is 2.66. The number of fused-ring (bicyclic) bond motifs is 1. The van der Waals surface area contributed by atoms with Crippen LogP contribution >= 0.6 is 0 Å². The topological polar surface area (TPSA) is 34.4 Å². The number of nitrogens with one attached hydrogen (secondary N) is 1. The lowest BCUT2D eigenvalue weighted by atomic mass is 10.1. The Morgan fingerprint density at radius 3 is 2.85 bits per heavy atom. The molecule has 3 nitrogen and oxygen atoms in total. The van der Waals surface area contributed by atoms with Crippen molar-refractivity contribution in [3.8, 4) is 5.75 Å². The number of aryl methyl sites for hydroxylation is 2. The predicted molar refractivity (Wildman–Crippen MR) is 79.2 cm³/mol. The molecular formula is C17H21NO2. The molecule has 0 saturated carbocycles. The molecule has 1 aliphatic heterocycles. The van der Waals surface area contributed by atoms with E-state index in [0.29, 0.717) is 0 Å². The van der Waals surface area contributed by atoms with Gasteiger partial charge in [0, 0.05) is 13.0 Å². The summed E-state index contributed by atoms with van der Waals surface area (Å²) in [5, 5.41) is 3.48. The van der Waals surface area contributed by atoms with E-state index in [9.17, 15) is 0 Å². The number of ether oxygens (including phenoxy) is 1. The third kappa shape index (κ3) is 2.73. The molecule has 2 heterocycles. The maximum Gasteiger partial charge on any atom is 0.123 e. The number of furan rings is 1. The average molecular weight is 271 g/mol. The molecule has 0 bridgehead atoms. The fraction of sp³-hybridized carbons (Fsp3) is 0.412. The molecular weight excluding hydrogens is 250 g/mol. The molecule has 2 unspecified atom stereocenters. The van der Waals surface area contributed by atoms with Crippen LogP contribution < -0.4 is 10.1 Å². The van der Waals surface area contributed by atoms with Crippen molar-refractivity contribution >= 4 is 0 Å². The minimum Gasteiger partial charge on any atom is -0.488 e. The van der Waals surface area contributed by atoms with E-state index in [1.807, 2.05) is 19.1 Å². The summed E-state index contributed by atoms with van der Waals surface area (Å²) in [6, 6.07) is 10.6. The van der Waals surface area contributed by atoms with Gasteiger partial charge in [0.05, 0.1) is 6.04 Å². The molecule has 3 rings (SSSR count). The van der Waals surface area contributed by atoms with Gasteiger partial charge in [-0.25, -0.2) is 0 Å². The number of benzene rings is 1. The van der Waals surface area contributed by atoms with Gasteiger partial charge in [0.15, 0.2) is 0 Å². The Morgan fingerprint density at radius 1 is 1.25 bits per heavy atom. The highest BCUT2D eigenvalue weighted by Gasteiger charge is 2.23. The van der Waals surface area contributed by atoms with Gasteiger partial charge in [-0.15, -0.1) is 0 Å². The number of rotatable bonds is 4. The van der Waals surface area contributed by atoms with Gasteiger partial charge in [-0.05, 0) is 44.5 Å². The van der Waals surface area contributed by atoms with Crippen molar-refractivity contribution in [2.75, 3.05) is 6.54 Å². The highest BCUT2D eigenvalue weighted by Crippen LogP contribution is 2.29. The molecule has 1 N–H and O–H groups in total.